The van der Waals surface area contributed by atoms with Crippen LogP contribution < -0.4 is 0 Å². The lowest BCUT2D eigenvalue weighted by molar-refractivity contribution is -0.0304. The number of para-hydroxylation sites is 1. The summed E-state index contributed by atoms with van der Waals surface area (Å²) in [6.07, 6.45) is 2.07. The zero-order valence-electron chi connectivity index (χ0n) is 9.96. The van der Waals surface area contributed by atoms with E-state index >= 15 is 0 Å². The number of fused-ring (bicyclic) bond motifs is 1. The number of hydrogen-bond donors (Lipinski definition) is 1. The smallest absolute Gasteiger partial charge is 0.153 e. The Morgan fingerprint density at radius 3 is 2.71 bits per heavy atom. The number of furan rings is 1. The molecule has 1 unspecified atom stereocenters. The van der Waals surface area contributed by atoms with Crippen LogP contribution in [0.15, 0.2) is 28.7 Å². The molecule has 1 N–H and O–H groups in total. The predicted molar refractivity (Wildman–Crippen MR) is 68.1 cm³/mol. The topological polar surface area (TPSA) is 33.4 Å². The lowest BCUT2D eigenvalue weighted by Crippen LogP contribution is -2.30. The number of rotatable bonds is 2. The van der Waals surface area contributed by atoms with Crippen molar-refractivity contribution in [1.82, 2.24) is 0 Å². The molecule has 1 aliphatic carbocycles. The lowest BCUT2D eigenvalue weighted by Gasteiger charge is -2.27. The Balaban J connectivity index is 2.16. The van der Waals surface area contributed by atoms with Crippen LogP contribution in [0.5, 0.6) is 0 Å². The van der Waals surface area contributed by atoms with Crippen molar-refractivity contribution < 1.29 is 9.52 Å². The van der Waals surface area contributed by atoms with E-state index in [0.717, 1.165) is 18.2 Å². The van der Waals surface area contributed by atoms with E-state index in [9.17, 15) is 5.11 Å². The molecule has 3 rings (SSSR count). The van der Waals surface area contributed by atoms with Crippen molar-refractivity contribution >= 4 is 22.6 Å². The number of aliphatic hydroxyl groups is 1. The van der Waals surface area contributed by atoms with Gasteiger partial charge in [0.2, 0.25) is 0 Å². The molecule has 1 aromatic heterocycles. The Morgan fingerprint density at radius 2 is 2.12 bits per heavy atom. The van der Waals surface area contributed by atoms with E-state index in [1.54, 1.807) is 6.07 Å². The third kappa shape index (κ3) is 1.51. The standard InChI is InChI=1S/C14H15ClO2/c1-13(6-7-13)14(2,16)11-8-9-4-3-5-10(15)12(9)17-11/h3-5,8,16H,6-7H2,1-2H3. The Hall–Kier alpha value is -0.990. The van der Waals surface area contributed by atoms with E-state index in [1.165, 1.54) is 0 Å². The minimum Gasteiger partial charge on any atom is -0.456 e. The highest BCUT2D eigenvalue weighted by molar-refractivity contribution is 6.34. The molecular formula is C14H15ClO2. The molecule has 2 nitrogen and oxygen atoms in total. The van der Waals surface area contributed by atoms with Crippen molar-refractivity contribution in [1.29, 1.82) is 0 Å². The zero-order valence-corrected chi connectivity index (χ0v) is 10.7. The highest BCUT2D eigenvalue weighted by Gasteiger charge is 2.54. The fraction of sp³-hybridized carbons (Fsp3) is 0.429. The summed E-state index contributed by atoms with van der Waals surface area (Å²) in [6.45, 7) is 3.91. The van der Waals surface area contributed by atoms with Crippen LogP contribution in [-0.4, -0.2) is 5.11 Å². The van der Waals surface area contributed by atoms with Crippen LogP contribution in [0, 0.1) is 5.41 Å². The van der Waals surface area contributed by atoms with Crippen molar-refractivity contribution in [2.24, 2.45) is 5.41 Å². The summed E-state index contributed by atoms with van der Waals surface area (Å²) >= 11 is 6.07. The van der Waals surface area contributed by atoms with Gasteiger partial charge in [-0.05, 0) is 31.9 Å². The second kappa shape index (κ2) is 3.27. The molecule has 17 heavy (non-hydrogen) atoms. The molecule has 1 aromatic carbocycles. The van der Waals surface area contributed by atoms with E-state index in [1.807, 2.05) is 25.1 Å². The molecule has 0 amide bonds. The first-order chi connectivity index (χ1) is 7.94. The molecule has 0 spiro atoms. The average Bonchev–Trinajstić information content (AvgIpc) is 2.88. The predicted octanol–water partition coefficient (Wildman–Crippen LogP) is 4.09. The minimum atomic E-state index is -0.921. The van der Waals surface area contributed by atoms with Gasteiger partial charge in [-0.3, -0.25) is 0 Å². The normalized spacial score (nSPS) is 21.4. The SMILES string of the molecule is CC1(C(C)(O)c2cc3cccc(Cl)c3o2)CC1. The van der Waals surface area contributed by atoms with Crippen LogP contribution >= 0.6 is 11.6 Å². The van der Waals surface area contributed by atoms with E-state index in [-0.39, 0.29) is 5.41 Å². The molecule has 1 heterocycles. The van der Waals surface area contributed by atoms with Gasteiger partial charge >= 0.3 is 0 Å². The van der Waals surface area contributed by atoms with E-state index in [4.69, 9.17) is 16.0 Å². The first-order valence-corrected chi connectivity index (χ1v) is 6.23. The highest BCUT2D eigenvalue weighted by Crippen LogP contribution is 2.58. The van der Waals surface area contributed by atoms with Gasteiger partial charge in [-0.2, -0.15) is 0 Å². The van der Waals surface area contributed by atoms with Gasteiger partial charge < -0.3 is 9.52 Å². The Bertz CT molecular complexity index is 579. The molecule has 1 fully saturated rings. The largest absolute Gasteiger partial charge is 0.456 e. The molecule has 1 aliphatic rings. The third-order valence-electron chi connectivity index (χ3n) is 4.15. The summed E-state index contributed by atoms with van der Waals surface area (Å²) in [5, 5.41) is 12.2. The van der Waals surface area contributed by atoms with Gasteiger partial charge in [0.25, 0.3) is 0 Å². The first-order valence-electron chi connectivity index (χ1n) is 5.85. The van der Waals surface area contributed by atoms with Gasteiger partial charge in [-0.15, -0.1) is 0 Å². The van der Waals surface area contributed by atoms with Crippen LogP contribution in [0.3, 0.4) is 0 Å². The summed E-state index contributed by atoms with van der Waals surface area (Å²) in [6, 6.07) is 7.52. The summed E-state index contributed by atoms with van der Waals surface area (Å²) in [5.74, 6) is 0.612. The second-order valence-corrected chi connectivity index (χ2v) is 5.81. The van der Waals surface area contributed by atoms with E-state index < -0.39 is 5.60 Å². The lowest BCUT2D eigenvalue weighted by atomic mass is 9.85. The molecule has 3 heteroatoms. The van der Waals surface area contributed by atoms with Crippen LogP contribution in [0.2, 0.25) is 5.02 Å². The molecule has 0 bridgehead atoms. The van der Waals surface area contributed by atoms with Crippen LogP contribution in [0.25, 0.3) is 11.0 Å². The van der Waals surface area contributed by atoms with Crippen molar-refractivity contribution in [2.45, 2.75) is 32.3 Å². The van der Waals surface area contributed by atoms with Gasteiger partial charge in [-0.25, -0.2) is 0 Å². The zero-order chi connectivity index (χ0) is 12.3. The maximum absolute atomic E-state index is 10.6. The molecule has 1 saturated carbocycles. The monoisotopic (exact) mass is 250 g/mol. The first kappa shape index (κ1) is 11.1. The van der Waals surface area contributed by atoms with Crippen molar-refractivity contribution in [3.63, 3.8) is 0 Å². The maximum atomic E-state index is 10.6. The summed E-state index contributed by atoms with van der Waals surface area (Å²) in [4.78, 5) is 0. The van der Waals surface area contributed by atoms with Gasteiger partial charge in [-0.1, -0.05) is 30.7 Å². The molecule has 2 aromatic rings. The summed E-state index contributed by atoms with van der Waals surface area (Å²) < 4.78 is 5.75. The van der Waals surface area contributed by atoms with Crippen LogP contribution in [-0.2, 0) is 5.60 Å². The Labute approximate surface area is 105 Å². The van der Waals surface area contributed by atoms with Crippen LogP contribution in [0.4, 0.5) is 0 Å². The summed E-state index contributed by atoms with van der Waals surface area (Å²) in [5.41, 5.74) is -0.323. The maximum Gasteiger partial charge on any atom is 0.153 e. The molecule has 90 valence electrons. The number of benzene rings is 1. The van der Waals surface area contributed by atoms with Crippen molar-refractivity contribution in [3.05, 3.63) is 35.0 Å². The van der Waals surface area contributed by atoms with Gasteiger partial charge in [0.05, 0.1) is 5.02 Å². The van der Waals surface area contributed by atoms with E-state index in [2.05, 4.69) is 6.92 Å². The fourth-order valence-corrected chi connectivity index (χ4v) is 2.46. The third-order valence-corrected chi connectivity index (χ3v) is 4.45. The molecule has 0 radical (unpaired) electrons. The highest BCUT2D eigenvalue weighted by atomic mass is 35.5. The Morgan fingerprint density at radius 1 is 1.41 bits per heavy atom. The number of hydrogen-bond acceptors (Lipinski definition) is 2. The van der Waals surface area contributed by atoms with Gasteiger partial charge in [0.1, 0.15) is 11.4 Å². The number of halogens is 1. The summed E-state index contributed by atoms with van der Waals surface area (Å²) in [7, 11) is 0. The fourth-order valence-electron chi connectivity index (χ4n) is 2.24. The quantitative estimate of drug-likeness (QED) is 0.871. The average molecular weight is 251 g/mol. The van der Waals surface area contributed by atoms with Crippen LogP contribution in [0.1, 0.15) is 32.4 Å². The Kier molecular flexibility index (Phi) is 2.14. The molecule has 1 atom stereocenters. The van der Waals surface area contributed by atoms with Gasteiger partial charge in [0.15, 0.2) is 5.58 Å². The molecule has 0 aliphatic heterocycles. The van der Waals surface area contributed by atoms with E-state index in [0.29, 0.717) is 16.4 Å². The minimum absolute atomic E-state index is 0.0622. The van der Waals surface area contributed by atoms with Gasteiger partial charge in [0, 0.05) is 10.8 Å². The van der Waals surface area contributed by atoms with Crippen molar-refractivity contribution in [3.8, 4) is 0 Å². The molecule has 0 saturated heterocycles. The van der Waals surface area contributed by atoms with Crippen molar-refractivity contribution in [2.75, 3.05) is 0 Å². The second-order valence-electron chi connectivity index (χ2n) is 5.40. The molecular weight excluding hydrogens is 236 g/mol.